The molecule has 35 heavy (non-hydrogen) atoms. The van der Waals surface area contributed by atoms with Crippen molar-refractivity contribution >= 4 is 45.7 Å². The first-order valence-electron chi connectivity index (χ1n) is 11.5. The summed E-state index contributed by atoms with van der Waals surface area (Å²) in [6.07, 6.45) is 6.62. The van der Waals surface area contributed by atoms with Gasteiger partial charge in [0.1, 0.15) is 5.75 Å². The van der Waals surface area contributed by atoms with Crippen LogP contribution < -0.4 is 10.2 Å². The Morgan fingerprint density at radius 2 is 2.00 bits per heavy atom. The number of anilines is 3. The van der Waals surface area contributed by atoms with E-state index in [-0.39, 0.29) is 18.0 Å². The number of carbonyl (C=O) groups is 1. The van der Waals surface area contributed by atoms with Crippen molar-refractivity contribution in [2.75, 3.05) is 23.3 Å². The molecular weight excluding hydrogens is 464 g/mol. The molecule has 0 atom stereocenters. The molecular formula is C26H25ClN6O2. The molecule has 1 aliphatic heterocycles. The van der Waals surface area contributed by atoms with Crippen LogP contribution in [0.25, 0.3) is 22.3 Å². The number of nitrogens with one attached hydrogen (secondary N) is 2. The van der Waals surface area contributed by atoms with E-state index in [0.717, 1.165) is 42.9 Å². The van der Waals surface area contributed by atoms with Crippen molar-refractivity contribution in [3.8, 4) is 17.0 Å². The van der Waals surface area contributed by atoms with Crippen LogP contribution in [0.15, 0.2) is 55.3 Å². The summed E-state index contributed by atoms with van der Waals surface area (Å²) in [6.45, 7) is 5.38. The molecule has 0 aliphatic carbocycles. The molecule has 8 nitrogen and oxygen atoms in total. The lowest BCUT2D eigenvalue weighted by atomic mass is 10.0. The highest BCUT2D eigenvalue weighted by Gasteiger charge is 2.18. The van der Waals surface area contributed by atoms with Crippen LogP contribution >= 0.6 is 11.6 Å². The minimum atomic E-state index is -0.0754. The fourth-order valence-electron chi connectivity index (χ4n) is 4.35. The second kappa shape index (κ2) is 9.76. The van der Waals surface area contributed by atoms with Gasteiger partial charge in [0.25, 0.3) is 0 Å². The van der Waals surface area contributed by atoms with Crippen molar-refractivity contribution < 1.29 is 9.90 Å². The molecule has 0 amide bonds. The number of aromatic nitrogens is 4. The van der Waals surface area contributed by atoms with Crippen LogP contribution in [-0.4, -0.2) is 44.1 Å². The van der Waals surface area contributed by atoms with Crippen LogP contribution in [0.1, 0.15) is 24.8 Å². The number of halogens is 1. The standard InChI is InChI=1S/C26H25ClN6O2/c1-2-18(34)12-16-6-8-21(27)19(13-16)24-20-15-28-32-25(20)31-26(30-24)29-17-7-9-23(35)22(14-17)33-10-4-3-5-11-33/h2,6-9,13-15,35H,1,3-5,10-12H2,(H2,28,29,30,31,32). The maximum absolute atomic E-state index is 11.9. The van der Waals surface area contributed by atoms with Crippen molar-refractivity contribution in [1.82, 2.24) is 20.2 Å². The van der Waals surface area contributed by atoms with Crippen LogP contribution in [-0.2, 0) is 11.2 Å². The lowest BCUT2D eigenvalue weighted by Crippen LogP contribution is -2.29. The molecule has 3 heterocycles. The molecule has 9 heteroatoms. The van der Waals surface area contributed by atoms with E-state index in [1.165, 1.54) is 12.5 Å². The summed E-state index contributed by atoms with van der Waals surface area (Å²) in [5, 5.41) is 21.9. The molecule has 178 valence electrons. The number of H-pyrrole nitrogens is 1. The molecule has 0 spiro atoms. The first kappa shape index (κ1) is 22.9. The van der Waals surface area contributed by atoms with E-state index in [0.29, 0.717) is 33.3 Å². The smallest absolute Gasteiger partial charge is 0.229 e. The van der Waals surface area contributed by atoms with Crippen molar-refractivity contribution in [1.29, 1.82) is 0 Å². The van der Waals surface area contributed by atoms with E-state index in [4.69, 9.17) is 16.6 Å². The summed E-state index contributed by atoms with van der Waals surface area (Å²) in [5.41, 5.74) is 4.18. The molecule has 3 N–H and O–H groups in total. The zero-order valence-corrected chi connectivity index (χ0v) is 19.8. The fourth-order valence-corrected chi connectivity index (χ4v) is 4.56. The Morgan fingerprint density at radius 1 is 1.17 bits per heavy atom. The third-order valence-corrected chi connectivity index (χ3v) is 6.46. The number of hydrogen-bond donors (Lipinski definition) is 3. The summed E-state index contributed by atoms with van der Waals surface area (Å²) >= 11 is 6.56. The largest absolute Gasteiger partial charge is 0.506 e. The summed E-state index contributed by atoms with van der Waals surface area (Å²) in [5.74, 6) is 0.532. The first-order valence-corrected chi connectivity index (χ1v) is 11.9. The van der Waals surface area contributed by atoms with Gasteiger partial charge in [-0.05, 0) is 61.2 Å². The third-order valence-electron chi connectivity index (χ3n) is 6.13. The first-order chi connectivity index (χ1) is 17.0. The molecule has 4 aromatic rings. The minimum absolute atomic E-state index is 0.0754. The van der Waals surface area contributed by atoms with Crippen molar-refractivity contribution in [2.24, 2.45) is 0 Å². The van der Waals surface area contributed by atoms with E-state index in [9.17, 15) is 9.90 Å². The maximum atomic E-state index is 11.9. The number of hydrogen-bond acceptors (Lipinski definition) is 7. The third kappa shape index (κ3) is 4.83. The quantitative estimate of drug-likeness (QED) is 0.236. The van der Waals surface area contributed by atoms with E-state index in [1.54, 1.807) is 24.4 Å². The zero-order chi connectivity index (χ0) is 24.4. The average molecular weight is 489 g/mol. The van der Waals surface area contributed by atoms with Crippen LogP contribution in [0.2, 0.25) is 5.02 Å². The highest BCUT2D eigenvalue weighted by molar-refractivity contribution is 6.33. The second-order valence-corrected chi connectivity index (χ2v) is 8.97. The maximum Gasteiger partial charge on any atom is 0.229 e. The van der Waals surface area contributed by atoms with Gasteiger partial charge < -0.3 is 15.3 Å². The number of benzene rings is 2. The van der Waals surface area contributed by atoms with Gasteiger partial charge in [-0.1, -0.05) is 24.2 Å². The van der Waals surface area contributed by atoms with Gasteiger partial charge >= 0.3 is 0 Å². The highest BCUT2D eigenvalue weighted by Crippen LogP contribution is 2.35. The topological polar surface area (TPSA) is 107 Å². The van der Waals surface area contributed by atoms with E-state index < -0.39 is 0 Å². The van der Waals surface area contributed by atoms with Gasteiger partial charge in [-0.15, -0.1) is 0 Å². The van der Waals surface area contributed by atoms with E-state index in [2.05, 4.69) is 32.0 Å². The summed E-state index contributed by atoms with van der Waals surface area (Å²) in [7, 11) is 0. The molecule has 0 unspecified atom stereocenters. The Morgan fingerprint density at radius 3 is 2.80 bits per heavy atom. The lowest BCUT2D eigenvalue weighted by molar-refractivity contribution is -0.114. The van der Waals surface area contributed by atoms with E-state index >= 15 is 0 Å². The van der Waals surface area contributed by atoms with Crippen molar-refractivity contribution in [3.05, 3.63) is 65.8 Å². The fraction of sp³-hybridized carbons (Fsp3) is 0.231. The molecule has 2 aromatic heterocycles. The number of rotatable bonds is 7. The number of phenols is 1. The average Bonchev–Trinajstić information content (AvgIpc) is 3.35. The highest BCUT2D eigenvalue weighted by atomic mass is 35.5. The van der Waals surface area contributed by atoms with Gasteiger partial charge in [0.15, 0.2) is 11.4 Å². The lowest BCUT2D eigenvalue weighted by Gasteiger charge is -2.29. The second-order valence-electron chi connectivity index (χ2n) is 8.57. The monoisotopic (exact) mass is 488 g/mol. The number of aromatic amines is 1. The molecule has 1 aliphatic rings. The Kier molecular flexibility index (Phi) is 6.37. The molecule has 1 saturated heterocycles. The van der Waals surface area contributed by atoms with Crippen LogP contribution in [0, 0.1) is 0 Å². The number of piperidine rings is 1. The number of ketones is 1. The van der Waals surface area contributed by atoms with Gasteiger partial charge in [0.2, 0.25) is 5.95 Å². The SMILES string of the molecule is C=CC(=O)Cc1ccc(Cl)c(-c2nc(Nc3ccc(O)c(N4CCCCC4)c3)nc3[nH]ncc23)c1. The van der Waals surface area contributed by atoms with Gasteiger partial charge in [-0.25, -0.2) is 4.98 Å². The molecule has 0 bridgehead atoms. The normalized spacial score (nSPS) is 13.7. The number of nitrogens with zero attached hydrogens (tertiary/aromatic N) is 4. The summed E-state index contributed by atoms with van der Waals surface area (Å²) in [4.78, 5) is 23.4. The molecule has 1 fully saturated rings. The Labute approximate surface area is 207 Å². The van der Waals surface area contributed by atoms with Crippen LogP contribution in [0.3, 0.4) is 0 Å². The van der Waals surface area contributed by atoms with Crippen LogP contribution in [0.5, 0.6) is 5.75 Å². The van der Waals surface area contributed by atoms with Gasteiger partial charge in [-0.2, -0.15) is 10.1 Å². The number of aromatic hydroxyl groups is 1. The molecule has 2 aromatic carbocycles. The summed E-state index contributed by atoms with van der Waals surface area (Å²) in [6, 6.07) is 10.8. The molecule has 0 radical (unpaired) electrons. The van der Waals surface area contributed by atoms with Gasteiger partial charge in [-0.3, -0.25) is 9.89 Å². The summed E-state index contributed by atoms with van der Waals surface area (Å²) < 4.78 is 0. The number of allylic oxidation sites excluding steroid dienone is 1. The molecule has 0 saturated carbocycles. The number of fused-ring (bicyclic) bond motifs is 1. The Balaban J connectivity index is 1.52. The Bertz CT molecular complexity index is 1410. The van der Waals surface area contributed by atoms with Crippen LogP contribution in [0.4, 0.5) is 17.3 Å². The molecule has 5 rings (SSSR count). The minimum Gasteiger partial charge on any atom is -0.506 e. The predicted octanol–water partition coefficient (Wildman–Crippen LogP) is 5.41. The van der Waals surface area contributed by atoms with Crippen molar-refractivity contribution in [2.45, 2.75) is 25.7 Å². The van der Waals surface area contributed by atoms with Gasteiger partial charge in [0.05, 0.1) is 28.0 Å². The zero-order valence-electron chi connectivity index (χ0n) is 19.1. The Hall–Kier alpha value is -3.91. The number of carbonyl (C=O) groups excluding carboxylic acids is 1. The predicted molar refractivity (Wildman–Crippen MR) is 138 cm³/mol. The van der Waals surface area contributed by atoms with Gasteiger partial charge in [0, 0.05) is 30.8 Å². The van der Waals surface area contributed by atoms with Crippen molar-refractivity contribution in [3.63, 3.8) is 0 Å². The number of phenolic OH excluding ortho intramolecular Hbond substituents is 1. The van der Waals surface area contributed by atoms with E-state index in [1.807, 2.05) is 18.2 Å².